The van der Waals surface area contributed by atoms with Gasteiger partial charge >= 0.3 is 12.0 Å². The summed E-state index contributed by atoms with van der Waals surface area (Å²) in [6, 6.07) is 5.43. The number of nitrogen functional groups attached to an aromatic ring is 1. The molecule has 0 unspecified atom stereocenters. The van der Waals surface area contributed by atoms with Crippen molar-refractivity contribution in [2.45, 2.75) is 62.8 Å². The second-order valence-corrected chi connectivity index (χ2v) is 15.2. The number of nitriles is 1. The third-order valence-corrected chi connectivity index (χ3v) is 12.3. The zero-order valence-electron chi connectivity index (χ0n) is 28.5. The summed E-state index contributed by atoms with van der Waals surface area (Å²) in [4.78, 5) is 32.7. The van der Waals surface area contributed by atoms with Crippen LogP contribution < -0.4 is 15.4 Å². The lowest BCUT2D eigenvalue weighted by Crippen LogP contribution is -2.46. The number of ether oxygens (including phenoxy) is 1. The highest BCUT2D eigenvalue weighted by molar-refractivity contribution is 7.23. The summed E-state index contributed by atoms with van der Waals surface area (Å²) in [7, 11) is 1.84. The first-order valence-electron chi connectivity index (χ1n) is 17.2. The molecule has 3 fully saturated rings. The van der Waals surface area contributed by atoms with Gasteiger partial charge in [0.05, 0.1) is 32.9 Å². The second-order valence-electron chi connectivity index (χ2n) is 13.8. The largest absolute Gasteiger partial charge is 0.461 e. The SMILES string of the molecule is CC[C@@H]1[C@H](N(C)c2nc(OC[C@@]34CCCN3C[C@H](F)C4)nc3c(F)c(-c4ccc(F)c5sc(N)c(C#N)c45)c(Cl)cc23)CCN1C(=O)n1ccnc1. The Balaban J connectivity index is 1.26. The van der Waals surface area contributed by atoms with Crippen LogP contribution in [0.15, 0.2) is 36.9 Å². The van der Waals surface area contributed by atoms with Gasteiger partial charge in [-0.05, 0) is 49.9 Å². The Hall–Kier alpha value is -4.65. The van der Waals surface area contributed by atoms with Gasteiger partial charge in [-0.15, -0.1) is 11.3 Å². The molecule has 0 bridgehead atoms. The molecule has 3 aromatic heterocycles. The number of carbonyl (C=O) groups is 1. The van der Waals surface area contributed by atoms with E-state index in [-0.39, 0.29) is 73.0 Å². The van der Waals surface area contributed by atoms with E-state index in [0.29, 0.717) is 43.6 Å². The van der Waals surface area contributed by atoms with E-state index in [1.165, 1.54) is 23.0 Å². The van der Waals surface area contributed by atoms with Gasteiger partial charge in [-0.1, -0.05) is 24.6 Å². The predicted octanol–water partition coefficient (Wildman–Crippen LogP) is 7.01. The summed E-state index contributed by atoms with van der Waals surface area (Å²) >= 11 is 7.81. The minimum Gasteiger partial charge on any atom is -0.461 e. The summed E-state index contributed by atoms with van der Waals surface area (Å²) in [5.74, 6) is -1.07. The molecule has 4 atom stereocenters. The molecule has 2 N–H and O–H groups in total. The number of carbonyl (C=O) groups excluding carboxylic acids is 1. The maximum Gasteiger partial charge on any atom is 0.329 e. The number of likely N-dealkylation sites (N-methyl/N-ethyl adjacent to an activating group) is 1. The lowest BCUT2D eigenvalue weighted by Gasteiger charge is -2.34. The number of nitrogens with two attached hydrogens (primary N) is 1. The van der Waals surface area contributed by atoms with Gasteiger partial charge in [0.1, 0.15) is 47.3 Å². The molecular formula is C36H35ClF3N9O2S. The number of likely N-dealkylation sites (tertiary alicyclic amines) is 1. The molecule has 52 heavy (non-hydrogen) atoms. The third-order valence-electron chi connectivity index (χ3n) is 11.0. The maximum absolute atomic E-state index is 17.2. The number of aromatic nitrogens is 4. The molecule has 5 aromatic rings. The highest BCUT2D eigenvalue weighted by Gasteiger charge is 2.49. The van der Waals surface area contributed by atoms with Crippen LogP contribution in [0.5, 0.6) is 6.01 Å². The Morgan fingerprint density at radius 2 is 2.12 bits per heavy atom. The fourth-order valence-corrected chi connectivity index (χ4v) is 9.84. The Morgan fingerprint density at radius 3 is 2.87 bits per heavy atom. The number of imidazole rings is 1. The summed E-state index contributed by atoms with van der Waals surface area (Å²) in [5, 5.41) is 10.5. The number of thiophene rings is 1. The van der Waals surface area contributed by atoms with Crippen molar-refractivity contribution in [2.75, 3.05) is 43.9 Å². The van der Waals surface area contributed by atoms with Crippen LogP contribution in [0.4, 0.5) is 28.8 Å². The van der Waals surface area contributed by atoms with Gasteiger partial charge in [0.15, 0.2) is 5.82 Å². The van der Waals surface area contributed by atoms with Crippen molar-refractivity contribution in [3.05, 3.63) is 59.1 Å². The van der Waals surface area contributed by atoms with Crippen LogP contribution in [0.2, 0.25) is 5.02 Å². The van der Waals surface area contributed by atoms with Crippen molar-refractivity contribution in [2.24, 2.45) is 0 Å². The van der Waals surface area contributed by atoms with Crippen molar-refractivity contribution >= 4 is 60.8 Å². The Morgan fingerprint density at radius 1 is 1.29 bits per heavy atom. The van der Waals surface area contributed by atoms with Crippen LogP contribution in [0.1, 0.15) is 44.6 Å². The van der Waals surface area contributed by atoms with Crippen molar-refractivity contribution in [1.82, 2.24) is 29.3 Å². The molecule has 1 amide bonds. The minimum absolute atomic E-state index is 0.00528. The van der Waals surface area contributed by atoms with E-state index in [0.717, 1.165) is 30.7 Å². The maximum atomic E-state index is 17.2. The number of benzene rings is 2. The van der Waals surface area contributed by atoms with Gasteiger partial charge in [-0.3, -0.25) is 9.47 Å². The molecule has 0 radical (unpaired) electrons. The van der Waals surface area contributed by atoms with Crippen LogP contribution >= 0.6 is 22.9 Å². The first kappa shape index (κ1) is 34.4. The Labute approximate surface area is 306 Å². The number of nitrogens with zero attached hydrogens (tertiary/aromatic N) is 8. The molecular weight excluding hydrogens is 715 g/mol. The molecule has 2 aromatic carbocycles. The highest BCUT2D eigenvalue weighted by Crippen LogP contribution is 2.46. The predicted molar refractivity (Wildman–Crippen MR) is 194 cm³/mol. The van der Waals surface area contributed by atoms with Crippen molar-refractivity contribution in [3.63, 3.8) is 0 Å². The van der Waals surface area contributed by atoms with Gasteiger partial charge in [0, 0.05) is 55.3 Å². The van der Waals surface area contributed by atoms with Crippen molar-refractivity contribution in [1.29, 1.82) is 5.26 Å². The van der Waals surface area contributed by atoms with Crippen LogP contribution in [0, 0.1) is 23.0 Å². The fourth-order valence-electron chi connectivity index (χ4n) is 8.59. The molecule has 6 heterocycles. The minimum atomic E-state index is -0.969. The van der Waals surface area contributed by atoms with E-state index in [4.69, 9.17) is 27.1 Å². The van der Waals surface area contributed by atoms with E-state index in [1.54, 1.807) is 23.4 Å². The van der Waals surface area contributed by atoms with E-state index >= 15 is 4.39 Å². The van der Waals surface area contributed by atoms with Crippen LogP contribution in [-0.2, 0) is 0 Å². The zero-order chi connectivity index (χ0) is 36.5. The molecule has 0 aliphatic carbocycles. The number of rotatable bonds is 7. The van der Waals surface area contributed by atoms with Gasteiger partial charge in [0.25, 0.3) is 0 Å². The standard InChI is InChI=1S/C36H35ClF3N9O2S/c1-3-25-26(7-11-49(25)35(50)47-12-9-43-18-47)46(2)33-21-13-23(37)28(20-5-6-24(39)31-27(20)22(15-41)32(42)52-31)29(40)30(21)44-34(45-33)51-17-36-8-4-10-48(36)16-19(38)14-36/h5-6,9,12-13,18-19,25-26H,3-4,7-8,10-11,14,16-17,42H2,1-2H3/t19-,25-,26-,36+/m1/s1. The smallest absolute Gasteiger partial charge is 0.329 e. The molecule has 11 nitrogen and oxygen atoms in total. The number of alkyl halides is 1. The molecule has 3 aliphatic rings. The molecule has 3 saturated heterocycles. The van der Waals surface area contributed by atoms with E-state index in [9.17, 15) is 18.8 Å². The molecule has 16 heteroatoms. The first-order valence-corrected chi connectivity index (χ1v) is 18.4. The Kier molecular flexibility index (Phi) is 8.67. The lowest BCUT2D eigenvalue weighted by atomic mass is 9.95. The van der Waals surface area contributed by atoms with Crippen LogP contribution in [0.25, 0.3) is 32.1 Å². The third kappa shape index (κ3) is 5.41. The average molecular weight is 750 g/mol. The summed E-state index contributed by atoms with van der Waals surface area (Å²) < 4.78 is 54.6. The van der Waals surface area contributed by atoms with Gasteiger partial charge in [0.2, 0.25) is 0 Å². The highest BCUT2D eigenvalue weighted by atomic mass is 35.5. The molecule has 0 saturated carbocycles. The Bertz CT molecular complexity index is 2260. The summed E-state index contributed by atoms with van der Waals surface area (Å²) in [5.41, 5.74) is 5.63. The van der Waals surface area contributed by atoms with Gasteiger partial charge in [-0.2, -0.15) is 15.2 Å². The van der Waals surface area contributed by atoms with E-state index < -0.39 is 23.3 Å². The lowest BCUT2D eigenvalue weighted by molar-refractivity contribution is 0.107. The van der Waals surface area contributed by atoms with Crippen molar-refractivity contribution < 1.29 is 22.7 Å². The zero-order valence-corrected chi connectivity index (χ0v) is 30.0. The monoisotopic (exact) mass is 749 g/mol. The number of hydrogen-bond acceptors (Lipinski definition) is 10. The van der Waals surface area contributed by atoms with Gasteiger partial charge in [-0.25, -0.2) is 22.9 Å². The quantitative estimate of drug-likeness (QED) is 0.187. The average Bonchev–Trinajstić information content (AvgIpc) is 3.96. The molecule has 0 spiro atoms. The topological polar surface area (TPSA) is 129 Å². The van der Waals surface area contributed by atoms with Crippen LogP contribution in [-0.4, -0.2) is 92.4 Å². The number of amides is 1. The molecule has 8 rings (SSSR count). The van der Waals surface area contributed by atoms with E-state index in [1.807, 2.05) is 24.9 Å². The normalized spacial score (nSPS) is 23.1. The number of halogens is 4. The second kappa shape index (κ2) is 13.1. The summed E-state index contributed by atoms with van der Waals surface area (Å²) in [6.07, 6.45) is 6.89. The first-order chi connectivity index (χ1) is 25.0. The van der Waals surface area contributed by atoms with E-state index in [2.05, 4.69) is 14.9 Å². The molecule has 3 aliphatic heterocycles. The number of hydrogen-bond donors (Lipinski definition) is 1. The molecule has 270 valence electrons. The summed E-state index contributed by atoms with van der Waals surface area (Å²) in [6.45, 7) is 3.71. The van der Waals surface area contributed by atoms with Crippen molar-refractivity contribution in [3.8, 4) is 23.2 Å². The number of anilines is 2. The van der Waals surface area contributed by atoms with Gasteiger partial charge < -0.3 is 20.3 Å². The van der Waals surface area contributed by atoms with Crippen LogP contribution in [0.3, 0.4) is 0 Å². The fraction of sp³-hybridized carbons (Fsp3) is 0.417. The number of fused-ring (bicyclic) bond motifs is 3.